The van der Waals surface area contributed by atoms with Crippen molar-refractivity contribution >= 4 is 11.8 Å². The highest BCUT2D eigenvalue weighted by Crippen LogP contribution is 2.33. The third-order valence-electron chi connectivity index (χ3n) is 3.52. The average Bonchev–Trinajstić information content (AvgIpc) is 2.90. The Kier molecular flexibility index (Phi) is 3.29. The molecule has 0 N–H and O–H groups in total. The Morgan fingerprint density at radius 3 is 2.65 bits per heavy atom. The Hall–Kier alpha value is -2.49. The number of imide groups is 1. The molecule has 100 valence electrons. The number of likely N-dealkylation sites (tertiary alicyclic amines) is 1. The Bertz CT molecular complexity index is 625. The quantitative estimate of drug-likeness (QED) is 0.785. The molecule has 20 heavy (non-hydrogen) atoms. The van der Waals surface area contributed by atoms with E-state index in [0.717, 1.165) is 5.56 Å². The lowest BCUT2D eigenvalue weighted by Gasteiger charge is -2.23. The highest BCUT2D eigenvalue weighted by atomic mass is 16.2. The number of benzene rings is 1. The fourth-order valence-corrected chi connectivity index (χ4v) is 2.56. The molecule has 2 heterocycles. The van der Waals surface area contributed by atoms with E-state index in [1.54, 1.807) is 18.3 Å². The molecule has 0 aliphatic carbocycles. The predicted octanol–water partition coefficient (Wildman–Crippen LogP) is 2.59. The van der Waals surface area contributed by atoms with Gasteiger partial charge in [-0.25, -0.2) is 0 Å². The fourth-order valence-electron chi connectivity index (χ4n) is 2.56. The zero-order valence-corrected chi connectivity index (χ0v) is 10.9. The van der Waals surface area contributed by atoms with Crippen LogP contribution in [0.25, 0.3) is 0 Å². The van der Waals surface area contributed by atoms with Gasteiger partial charge in [0.2, 0.25) is 5.91 Å². The molecule has 2 aromatic rings. The first-order chi connectivity index (χ1) is 9.77. The maximum atomic E-state index is 12.5. The minimum atomic E-state index is -0.269. The van der Waals surface area contributed by atoms with Crippen molar-refractivity contribution in [2.24, 2.45) is 0 Å². The van der Waals surface area contributed by atoms with E-state index < -0.39 is 0 Å². The zero-order valence-electron chi connectivity index (χ0n) is 10.9. The highest BCUT2D eigenvalue weighted by molar-refractivity contribution is 6.05. The maximum Gasteiger partial charge on any atom is 0.262 e. The molecule has 0 spiro atoms. The van der Waals surface area contributed by atoms with Crippen molar-refractivity contribution in [1.29, 1.82) is 0 Å². The van der Waals surface area contributed by atoms with Crippen LogP contribution < -0.4 is 0 Å². The van der Waals surface area contributed by atoms with Crippen LogP contribution in [0.3, 0.4) is 0 Å². The molecule has 0 bridgehead atoms. The van der Waals surface area contributed by atoms with Gasteiger partial charge in [-0.15, -0.1) is 0 Å². The summed E-state index contributed by atoms with van der Waals surface area (Å²) in [5.74, 6) is -0.387. The summed E-state index contributed by atoms with van der Waals surface area (Å²) in [5.41, 5.74) is 1.44. The summed E-state index contributed by atoms with van der Waals surface area (Å²) in [7, 11) is 0. The van der Waals surface area contributed by atoms with Crippen molar-refractivity contribution in [1.82, 2.24) is 9.88 Å². The number of carbonyl (C=O) groups is 2. The van der Waals surface area contributed by atoms with Crippen LogP contribution in [0.1, 0.15) is 34.8 Å². The van der Waals surface area contributed by atoms with Crippen LogP contribution in [0.2, 0.25) is 0 Å². The van der Waals surface area contributed by atoms with Gasteiger partial charge >= 0.3 is 0 Å². The van der Waals surface area contributed by atoms with Crippen molar-refractivity contribution in [2.75, 3.05) is 0 Å². The molecule has 1 aromatic carbocycles. The molecule has 0 saturated carbocycles. The monoisotopic (exact) mass is 266 g/mol. The van der Waals surface area contributed by atoms with Crippen molar-refractivity contribution < 1.29 is 9.59 Å². The van der Waals surface area contributed by atoms with E-state index in [4.69, 9.17) is 0 Å². The number of carbonyl (C=O) groups excluding carboxylic acids is 2. The summed E-state index contributed by atoms with van der Waals surface area (Å²) in [6, 6.07) is 12.9. The first-order valence-electron chi connectivity index (χ1n) is 6.59. The summed E-state index contributed by atoms with van der Waals surface area (Å²) in [5, 5.41) is 0. The van der Waals surface area contributed by atoms with Gasteiger partial charge in [-0.1, -0.05) is 30.3 Å². The summed E-state index contributed by atoms with van der Waals surface area (Å²) in [6.45, 7) is 0. The molecule has 1 atom stereocenters. The highest BCUT2D eigenvalue weighted by Gasteiger charge is 2.37. The Morgan fingerprint density at radius 2 is 1.95 bits per heavy atom. The van der Waals surface area contributed by atoms with Crippen LogP contribution in [0.5, 0.6) is 0 Å². The number of rotatable bonds is 2. The molecule has 0 unspecified atom stereocenters. The average molecular weight is 266 g/mol. The second-order valence-corrected chi connectivity index (χ2v) is 4.78. The maximum absolute atomic E-state index is 12.5. The largest absolute Gasteiger partial charge is 0.274 e. The second kappa shape index (κ2) is 5.25. The normalized spacial score (nSPS) is 18.3. The van der Waals surface area contributed by atoms with Crippen LogP contribution in [-0.2, 0) is 4.79 Å². The van der Waals surface area contributed by atoms with Crippen molar-refractivity contribution in [3.8, 4) is 0 Å². The number of nitrogens with zero attached hydrogens (tertiary/aromatic N) is 2. The lowest BCUT2D eigenvalue weighted by atomic mass is 10.0. The van der Waals surface area contributed by atoms with E-state index in [2.05, 4.69) is 4.98 Å². The number of hydrogen-bond donors (Lipinski definition) is 0. The molecule has 4 heteroatoms. The molecule has 1 aromatic heterocycles. The van der Waals surface area contributed by atoms with E-state index in [1.807, 2.05) is 30.3 Å². The van der Waals surface area contributed by atoms with Gasteiger partial charge in [-0.05, 0) is 24.1 Å². The van der Waals surface area contributed by atoms with Crippen LogP contribution in [0.15, 0.2) is 54.9 Å². The Labute approximate surface area is 117 Å². The number of amides is 2. The summed E-state index contributed by atoms with van der Waals surface area (Å²) < 4.78 is 0. The van der Waals surface area contributed by atoms with E-state index in [0.29, 0.717) is 18.4 Å². The number of hydrogen-bond acceptors (Lipinski definition) is 3. The van der Waals surface area contributed by atoms with Gasteiger partial charge in [0.1, 0.15) is 0 Å². The van der Waals surface area contributed by atoms with Crippen molar-refractivity contribution in [3.05, 3.63) is 66.0 Å². The first kappa shape index (κ1) is 12.5. The van der Waals surface area contributed by atoms with Crippen LogP contribution in [0.4, 0.5) is 0 Å². The van der Waals surface area contributed by atoms with E-state index >= 15 is 0 Å². The third kappa shape index (κ3) is 2.20. The standard InChI is InChI=1S/C16H14N2O2/c19-15-9-8-14(12-5-2-1-3-6-12)18(15)16(20)13-7-4-10-17-11-13/h1-7,10-11,14H,8-9H2/t14-/m0/s1. The minimum Gasteiger partial charge on any atom is -0.274 e. The molecular weight excluding hydrogens is 252 g/mol. The summed E-state index contributed by atoms with van der Waals surface area (Å²) >= 11 is 0. The van der Waals surface area contributed by atoms with E-state index in [-0.39, 0.29) is 17.9 Å². The molecule has 0 radical (unpaired) electrons. The van der Waals surface area contributed by atoms with Gasteiger partial charge < -0.3 is 0 Å². The molecule has 2 amide bonds. The Morgan fingerprint density at radius 1 is 1.15 bits per heavy atom. The van der Waals surface area contributed by atoms with Crippen LogP contribution >= 0.6 is 0 Å². The molecule has 4 nitrogen and oxygen atoms in total. The predicted molar refractivity (Wildman–Crippen MR) is 73.8 cm³/mol. The minimum absolute atomic E-state index is 0.118. The first-order valence-corrected chi connectivity index (χ1v) is 6.59. The molecular formula is C16H14N2O2. The van der Waals surface area contributed by atoms with Gasteiger partial charge in [0.25, 0.3) is 5.91 Å². The van der Waals surface area contributed by atoms with E-state index in [9.17, 15) is 9.59 Å². The van der Waals surface area contributed by atoms with Crippen molar-refractivity contribution in [3.63, 3.8) is 0 Å². The smallest absolute Gasteiger partial charge is 0.262 e. The SMILES string of the molecule is O=C1CC[C@@H](c2ccccc2)N1C(=O)c1cccnc1. The van der Waals surface area contributed by atoms with E-state index in [1.165, 1.54) is 11.1 Å². The van der Waals surface area contributed by atoms with Gasteiger partial charge in [0.05, 0.1) is 11.6 Å². The third-order valence-corrected chi connectivity index (χ3v) is 3.52. The molecule has 1 aliphatic heterocycles. The van der Waals surface area contributed by atoms with Crippen LogP contribution in [0, 0.1) is 0 Å². The van der Waals surface area contributed by atoms with Gasteiger partial charge in [0.15, 0.2) is 0 Å². The summed E-state index contributed by atoms with van der Waals surface area (Å²) in [4.78, 5) is 29.9. The van der Waals surface area contributed by atoms with Gasteiger partial charge in [0, 0.05) is 18.8 Å². The number of pyridine rings is 1. The fraction of sp³-hybridized carbons (Fsp3) is 0.188. The lowest BCUT2D eigenvalue weighted by molar-refractivity contribution is -0.126. The zero-order chi connectivity index (χ0) is 13.9. The van der Waals surface area contributed by atoms with Gasteiger partial charge in [-0.3, -0.25) is 19.5 Å². The molecule has 1 fully saturated rings. The Balaban J connectivity index is 1.94. The molecule has 1 saturated heterocycles. The number of aromatic nitrogens is 1. The molecule has 1 aliphatic rings. The van der Waals surface area contributed by atoms with Gasteiger partial charge in [-0.2, -0.15) is 0 Å². The van der Waals surface area contributed by atoms with Crippen LogP contribution in [-0.4, -0.2) is 21.7 Å². The second-order valence-electron chi connectivity index (χ2n) is 4.78. The topological polar surface area (TPSA) is 50.3 Å². The lowest BCUT2D eigenvalue weighted by Crippen LogP contribution is -2.34. The molecule has 3 rings (SSSR count). The summed E-state index contributed by atoms with van der Waals surface area (Å²) in [6.07, 6.45) is 4.19. The van der Waals surface area contributed by atoms with Crippen molar-refractivity contribution in [2.45, 2.75) is 18.9 Å².